The minimum Gasteiger partial charge on any atom is -0.456 e. The van der Waals surface area contributed by atoms with Crippen LogP contribution in [-0.4, -0.2) is 19.2 Å². The standard InChI is InChI=1S/C37H18N6O/c1-2-8-26-19(6-1)20-11-14-27-31-34(20)42(26)29-9-3-4-16-40(29)37(31)32-28(44-27)15-12-22-24-18-38-39-25-13-10-21-23-7-5-17-41(37)36(23)43(35(22)32)33(21)30(24)25/h1-18H/q+2. The van der Waals surface area contributed by atoms with Crippen molar-refractivity contribution in [2.45, 2.75) is 5.66 Å². The van der Waals surface area contributed by atoms with Crippen LogP contribution < -0.4 is 13.9 Å². The molecule has 4 aromatic carbocycles. The quantitative estimate of drug-likeness (QED) is 0.121. The SMILES string of the molecule is c1cc[n+]2c(c1)-n1c3ccccc3c3ccc4c(c31)C21c2c(ccc3c5cnnc6ccc7c8ccc[n+]1c8n(c23)c7c65)O4. The van der Waals surface area contributed by atoms with E-state index in [-0.39, 0.29) is 0 Å². The molecule has 3 aliphatic heterocycles. The predicted molar refractivity (Wildman–Crippen MR) is 167 cm³/mol. The lowest BCUT2D eigenvalue weighted by Gasteiger charge is -2.40. The molecule has 0 fully saturated rings. The van der Waals surface area contributed by atoms with Crippen molar-refractivity contribution in [3.63, 3.8) is 0 Å². The summed E-state index contributed by atoms with van der Waals surface area (Å²) in [5.74, 6) is 2.87. The minimum atomic E-state index is -0.740. The van der Waals surface area contributed by atoms with Gasteiger partial charge in [-0.3, -0.25) is 0 Å². The van der Waals surface area contributed by atoms with Gasteiger partial charge in [0.2, 0.25) is 0 Å². The maximum Gasteiger partial charge on any atom is 0.321 e. The van der Waals surface area contributed by atoms with Gasteiger partial charge in [-0.05, 0) is 66.7 Å². The Morgan fingerprint density at radius 2 is 1.36 bits per heavy atom. The second-order valence-electron chi connectivity index (χ2n) is 12.3. The summed E-state index contributed by atoms with van der Waals surface area (Å²) in [6.07, 6.45) is 6.44. The van der Waals surface area contributed by atoms with Crippen LogP contribution in [0.2, 0.25) is 0 Å². The topological polar surface area (TPSA) is 52.1 Å². The Bertz CT molecular complexity index is 3040. The second-order valence-corrected chi connectivity index (χ2v) is 12.3. The molecule has 13 rings (SSSR count). The van der Waals surface area contributed by atoms with Crippen molar-refractivity contribution in [3.05, 3.63) is 121 Å². The Morgan fingerprint density at radius 3 is 2.30 bits per heavy atom. The Hall–Kier alpha value is -6.08. The van der Waals surface area contributed by atoms with Gasteiger partial charge in [0.15, 0.2) is 16.6 Å². The summed E-state index contributed by atoms with van der Waals surface area (Å²) in [6, 6.07) is 32.9. The molecule has 7 heteroatoms. The number of fused-ring (bicyclic) bond motifs is 7. The van der Waals surface area contributed by atoms with E-state index in [2.05, 4.69) is 132 Å². The number of nitrogens with zero attached hydrogens (tertiary/aromatic N) is 6. The van der Waals surface area contributed by atoms with Crippen molar-refractivity contribution in [1.82, 2.24) is 19.2 Å². The van der Waals surface area contributed by atoms with Crippen LogP contribution >= 0.6 is 0 Å². The molecule has 44 heavy (non-hydrogen) atoms. The van der Waals surface area contributed by atoms with Gasteiger partial charge in [0.1, 0.15) is 28.1 Å². The highest BCUT2D eigenvalue weighted by Crippen LogP contribution is 2.56. The molecule has 0 saturated carbocycles. The van der Waals surface area contributed by atoms with Gasteiger partial charge in [0.05, 0.1) is 34.9 Å². The maximum atomic E-state index is 6.96. The van der Waals surface area contributed by atoms with E-state index in [0.717, 1.165) is 55.6 Å². The second kappa shape index (κ2) is 6.31. The molecular formula is C37H18N6O+2. The third kappa shape index (κ3) is 1.83. The molecule has 10 aromatic rings. The van der Waals surface area contributed by atoms with Gasteiger partial charge in [-0.15, -0.1) is 0 Å². The first-order chi connectivity index (χ1) is 21.9. The summed E-state index contributed by atoms with van der Waals surface area (Å²) >= 11 is 0. The fraction of sp³-hybridized carbons (Fsp3) is 0.0270. The van der Waals surface area contributed by atoms with Gasteiger partial charge in [0, 0.05) is 33.0 Å². The van der Waals surface area contributed by atoms with Gasteiger partial charge >= 0.3 is 5.66 Å². The lowest BCUT2D eigenvalue weighted by Crippen LogP contribution is -2.78. The van der Waals surface area contributed by atoms with E-state index in [9.17, 15) is 0 Å². The molecular weight excluding hydrogens is 544 g/mol. The normalized spacial score (nSPS) is 17.4. The van der Waals surface area contributed by atoms with Gasteiger partial charge < -0.3 is 4.74 Å². The van der Waals surface area contributed by atoms with Crippen LogP contribution in [0.25, 0.3) is 76.8 Å². The fourth-order valence-corrected chi connectivity index (χ4v) is 9.19. The van der Waals surface area contributed by atoms with E-state index < -0.39 is 5.66 Å². The summed E-state index contributed by atoms with van der Waals surface area (Å²) in [5, 5.41) is 17.4. The first-order valence-corrected chi connectivity index (χ1v) is 14.9. The average molecular weight is 563 g/mol. The highest BCUT2D eigenvalue weighted by Gasteiger charge is 2.63. The van der Waals surface area contributed by atoms with Crippen molar-refractivity contribution < 1.29 is 13.9 Å². The molecule has 0 bridgehead atoms. The summed E-state index contributed by atoms with van der Waals surface area (Å²) < 4.78 is 16.9. The Kier molecular flexibility index (Phi) is 2.97. The van der Waals surface area contributed by atoms with Crippen LogP contribution in [0.4, 0.5) is 0 Å². The van der Waals surface area contributed by atoms with E-state index in [4.69, 9.17) is 4.74 Å². The Morgan fingerprint density at radius 1 is 0.614 bits per heavy atom. The molecule has 9 heterocycles. The molecule has 1 atom stereocenters. The molecule has 0 aliphatic carbocycles. The zero-order valence-electron chi connectivity index (χ0n) is 23.0. The average Bonchev–Trinajstić information content (AvgIpc) is 3.61. The van der Waals surface area contributed by atoms with Crippen molar-refractivity contribution >= 4 is 70.9 Å². The van der Waals surface area contributed by atoms with E-state index in [1.807, 2.05) is 6.20 Å². The molecule has 3 aliphatic rings. The van der Waals surface area contributed by atoms with E-state index in [1.54, 1.807) is 0 Å². The third-order valence-corrected chi connectivity index (χ3v) is 10.6. The number of rotatable bonds is 0. The van der Waals surface area contributed by atoms with Crippen LogP contribution in [0.15, 0.2) is 110 Å². The van der Waals surface area contributed by atoms with E-state index in [0.29, 0.717) is 0 Å². The van der Waals surface area contributed by atoms with Gasteiger partial charge in [-0.2, -0.15) is 28.3 Å². The maximum absolute atomic E-state index is 6.96. The lowest BCUT2D eigenvalue weighted by atomic mass is 9.81. The lowest BCUT2D eigenvalue weighted by molar-refractivity contribution is -0.960. The van der Waals surface area contributed by atoms with Crippen molar-refractivity contribution in [3.8, 4) is 17.3 Å². The fourth-order valence-electron chi connectivity index (χ4n) is 9.19. The van der Waals surface area contributed by atoms with Crippen LogP contribution in [-0.2, 0) is 5.66 Å². The first kappa shape index (κ1) is 20.7. The number of hydrogen-bond donors (Lipinski definition) is 0. The predicted octanol–water partition coefficient (Wildman–Crippen LogP) is 6.48. The number of benzene rings is 4. The van der Waals surface area contributed by atoms with Crippen molar-refractivity contribution in [2.75, 3.05) is 0 Å². The van der Waals surface area contributed by atoms with Crippen LogP contribution in [0.3, 0.4) is 0 Å². The van der Waals surface area contributed by atoms with E-state index in [1.165, 1.54) is 43.7 Å². The van der Waals surface area contributed by atoms with Gasteiger partial charge in [-0.1, -0.05) is 18.2 Å². The molecule has 7 nitrogen and oxygen atoms in total. The number of aromatic nitrogens is 6. The molecule has 1 unspecified atom stereocenters. The molecule has 6 aromatic heterocycles. The summed E-state index contributed by atoms with van der Waals surface area (Å²) in [5.41, 5.74) is 8.37. The number of pyridine rings is 3. The molecule has 1 spiro atoms. The third-order valence-electron chi connectivity index (χ3n) is 10.6. The summed E-state index contributed by atoms with van der Waals surface area (Å²) in [7, 11) is 0. The number of ether oxygens (including phenoxy) is 1. The van der Waals surface area contributed by atoms with E-state index >= 15 is 0 Å². The Balaban J connectivity index is 1.42. The Labute approximate surface area is 247 Å². The van der Waals surface area contributed by atoms with Crippen molar-refractivity contribution in [2.24, 2.45) is 0 Å². The minimum absolute atomic E-state index is 0.740. The highest BCUT2D eigenvalue weighted by atomic mass is 16.5. The molecule has 0 radical (unpaired) electrons. The zero-order chi connectivity index (χ0) is 28.1. The summed E-state index contributed by atoms with van der Waals surface area (Å²) in [4.78, 5) is 0. The monoisotopic (exact) mass is 562 g/mol. The largest absolute Gasteiger partial charge is 0.456 e. The molecule has 0 saturated heterocycles. The molecule has 0 N–H and O–H groups in total. The number of hydrogen-bond acceptors (Lipinski definition) is 3. The summed E-state index contributed by atoms with van der Waals surface area (Å²) in [6.45, 7) is 0. The number of para-hydroxylation sites is 1. The molecule has 0 amide bonds. The first-order valence-electron chi connectivity index (χ1n) is 14.9. The molecule has 200 valence electrons. The smallest absolute Gasteiger partial charge is 0.321 e. The van der Waals surface area contributed by atoms with Gasteiger partial charge in [-0.25, -0.2) is 0 Å². The van der Waals surface area contributed by atoms with Crippen LogP contribution in [0.1, 0.15) is 11.1 Å². The van der Waals surface area contributed by atoms with Gasteiger partial charge in [0.25, 0.3) is 11.5 Å². The van der Waals surface area contributed by atoms with Crippen LogP contribution in [0, 0.1) is 0 Å². The highest BCUT2D eigenvalue weighted by molar-refractivity contribution is 6.28. The van der Waals surface area contributed by atoms with Crippen molar-refractivity contribution in [1.29, 1.82) is 0 Å². The zero-order valence-corrected chi connectivity index (χ0v) is 23.0. The van der Waals surface area contributed by atoms with Crippen LogP contribution in [0.5, 0.6) is 11.5 Å².